The van der Waals surface area contributed by atoms with Crippen molar-refractivity contribution < 1.29 is 18.7 Å². The van der Waals surface area contributed by atoms with Crippen LogP contribution in [0, 0.1) is 6.92 Å². The molecule has 0 spiro atoms. The minimum absolute atomic E-state index is 0.0387. The Hall–Kier alpha value is -2.87. The number of carbonyl (C=O) groups excluding carboxylic acids is 2. The van der Waals surface area contributed by atoms with Crippen LogP contribution >= 0.6 is 11.3 Å². The fraction of sp³-hybridized carbons (Fsp3) is 0.188. The second-order valence-electron chi connectivity index (χ2n) is 5.14. The number of Topliss-reactive ketones (excluding diaryl/α,β-unsaturated/α-hetero) is 1. The normalized spacial score (nSPS) is 10.8. The number of aromatic nitrogens is 1. The van der Waals surface area contributed by atoms with E-state index >= 15 is 0 Å². The van der Waals surface area contributed by atoms with E-state index in [0.29, 0.717) is 10.9 Å². The zero-order chi connectivity index (χ0) is 17.4. The molecule has 0 saturated carbocycles. The van der Waals surface area contributed by atoms with Crippen molar-refractivity contribution in [2.24, 2.45) is 5.73 Å². The number of ether oxygens (including phenoxy) is 1. The number of aryl methyl sites for hydroxylation is 1. The molecule has 3 N–H and O–H groups in total. The van der Waals surface area contributed by atoms with Gasteiger partial charge in [-0.2, -0.15) is 0 Å². The van der Waals surface area contributed by atoms with Crippen LogP contribution in [0.25, 0.3) is 10.2 Å². The van der Waals surface area contributed by atoms with E-state index in [1.54, 1.807) is 14.0 Å². The number of nitrogens with one attached hydrogen (secondary N) is 1. The van der Waals surface area contributed by atoms with Gasteiger partial charge in [-0.3, -0.25) is 9.59 Å². The summed E-state index contributed by atoms with van der Waals surface area (Å²) in [7, 11) is 1.59. The summed E-state index contributed by atoms with van der Waals surface area (Å²) >= 11 is 1.37. The number of anilines is 2. The van der Waals surface area contributed by atoms with Crippen molar-refractivity contribution in [1.82, 2.24) is 4.98 Å². The van der Waals surface area contributed by atoms with Gasteiger partial charge in [0, 0.05) is 0 Å². The van der Waals surface area contributed by atoms with Crippen LogP contribution in [0.4, 0.5) is 11.0 Å². The Morgan fingerprint density at radius 3 is 2.71 bits per heavy atom. The number of fused-ring (bicyclic) bond motifs is 1. The fourth-order valence-electron chi connectivity index (χ4n) is 2.47. The smallest absolute Gasteiger partial charge is 0.255 e. The molecule has 1 amide bonds. The first-order valence-electron chi connectivity index (χ1n) is 7.06. The number of ketones is 1. The number of amides is 1. The zero-order valence-corrected chi connectivity index (χ0v) is 14.1. The van der Waals surface area contributed by atoms with Crippen LogP contribution in [0.2, 0.25) is 0 Å². The number of hydrogen-bond donors (Lipinski definition) is 2. The molecule has 0 aliphatic rings. The van der Waals surface area contributed by atoms with Gasteiger partial charge in [-0.05, 0) is 32.0 Å². The fourth-order valence-corrected chi connectivity index (χ4v) is 3.36. The molecule has 0 atom stereocenters. The van der Waals surface area contributed by atoms with Crippen molar-refractivity contribution >= 4 is 44.3 Å². The van der Waals surface area contributed by atoms with Crippen molar-refractivity contribution in [1.29, 1.82) is 0 Å². The number of furan rings is 1. The summed E-state index contributed by atoms with van der Waals surface area (Å²) in [6.45, 7) is 2.97. The lowest BCUT2D eigenvalue weighted by Gasteiger charge is -2.00. The number of benzene rings is 1. The van der Waals surface area contributed by atoms with Crippen LogP contribution < -0.4 is 15.8 Å². The van der Waals surface area contributed by atoms with Crippen LogP contribution in [0.15, 0.2) is 22.6 Å². The molecule has 0 radical (unpaired) electrons. The van der Waals surface area contributed by atoms with Gasteiger partial charge in [0.2, 0.25) is 5.88 Å². The summed E-state index contributed by atoms with van der Waals surface area (Å²) in [6, 6.07) is 5.51. The van der Waals surface area contributed by atoms with Crippen molar-refractivity contribution in [3.05, 3.63) is 35.1 Å². The molecule has 0 aliphatic heterocycles. The Bertz CT molecular complexity index is 958. The van der Waals surface area contributed by atoms with Gasteiger partial charge >= 0.3 is 0 Å². The second-order valence-corrected chi connectivity index (χ2v) is 6.17. The summed E-state index contributed by atoms with van der Waals surface area (Å²) < 4.78 is 11.6. The minimum atomic E-state index is -0.734. The van der Waals surface area contributed by atoms with Gasteiger partial charge in [0.1, 0.15) is 17.1 Å². The summed E-state index contributed by atoms with van der Waals surface area (Å²) in [6.07, 6.45) is 0. The largest absolute Gasteiger partial charge is 0.497 e. The molecular weight excluding hydrogens is 330 g/mol. The molecule has 0 unspecified atom stereocenters. The van der Waals surface area contributed by atoms with Crippen molar-refractivity contribution in [3.63, 3.8) is 0 Å². The van der Waals surface area contributed by atoms with Gasteiger partial charge in [0.15, 0.2) is 10.9 Å². The van der Waals surface area contributed by atoms with E-state index in [2.05, 4.69) is 10.3 Å². The molecule has 0 bridgehead atoms. The highest BCUT2D eigenvalue weighted by molar-refractivity contribution is 7.22. The number of hydrogen-bond acceptors (Lipinski definition) is 7. The Balaban J connectivity index is 2.03. The van der Waals surface area contributed by atoms with Gasteiger partial charge < -0.3 is 20.2 Å². The monoisotopic (exact) mass is 345 g/mol. The summed E-state index contributed by atoms with van der Waals surface area (Å²) in [5, 5.41) is 3.46. The number of carbonyl (C=O) groups is 2. The number of nitrogens with zero attached hydrogens (tertiary/aromatic N) is 1. The number of rotatable bonds is 5. The molecule has 24 heavy (non-hydrogen) atoms. The van der Waals surface area contributed by atoms with Gasteiger partial charge in [-0.1, -0.05) is 11.3 Å². The molecule has 7 nitrogen and oxygen atoms in total. The molecule has 8 heteroatoms. The van der Waals surface area contributed by atoms with E-state index in [4.69, 9.17) is 14.9 Å². The lowest BCUT2D eigenvalue weighted by molar-refractivity contribution is 0.0974. The first kappa shape index (κ1) is 16.0. The van der Waals surface area contributed by atoms with Crippen molar-refractivity contribution in [2.45, 2.75) is 13.8 Å². The molecule has 2 aromatic heterocycles. The van der Waals surface area contributed by atoms with Gasteiger partial charge in [0.25, 0.3) is 5.91 Å². The molecule has 0 fully saturated rings. The minimum Gasteiger partial charge on any atom is -0.497 e. The first-order valence-corrected chi connectivity index (χ1v) is 7.88. The zero-order valence-electron chi connectivity index (χ0n) is 13.3. The third-order valence-electron chi connectivity index (χ3n) is 3.50. The Morgan fingerprint density at radius 2 is 2.08 bits per heavy atom. The second kappa shape index (κ2) is 5.97. The Morgan fingerprint density at radius 1 is 1.33 bits per heavy atom. The van der Waals surface area contributed by atoms with E-state index in [0.717, 1.165) is 16.0 Å². The third-order valence-corrected chi connectivity index (χ3v) is 4.43. The average Bonchev–Trinajstić information content (AvgIpc) is 3.06. The maximum Gasteiger partial charge on any atom is 0.255 e. The van der Waals surface area contributed by atoms with Crippen molar-refractivity contribution in [2.75, 3.05) is 12.4 Å². The first-order chi connectivity index (χ1) is 11.4. The predicted octanol–water partition coefficient (Wildman–Crippen LogP) is 3.25. The number of nitrogens with two attached hydrogens (primary N) is 1. The SMILES string of the molecule is COc1ccc2nc(Nc3oc(C)c(C(C)=O)c3C(N)=O)sc2c1. The maximum atomic E-state index is 11.7. The van der Waals surface area contributed by atoms with E-state index in [1.807, 2.05) is 18.2 Å². The van der Waals surface area contributed by atoms with Crippen LogP contribution in [-0.4, -0.2) is 23.8 Å². The van der Waals surface area contributed by atoms with E-state index in [9.17, 15) is 9.59 Å². The molecule has 2 heterocycles. The summed E-state index contributed by atoms with van der Waals surface area (Å²) in [5.74, 6) is 0.163. The van der Waals surface area contributed by atoms with E-state index in [1.165, 1.54) is 18.3 Å². The quantitative estimate of drug-likeness (QED) is 0.687. The van der Waals surface area contributed by atoms with Crippen LogP contribution in [0.3, 0.4) is 0 Å². The highest BCUT2D eigenvalue weighted by Crippen LogP contribution is 2.34. The van der Waals surface area contributed by atoms with Crippen LogP contribution in [0.1, 0.15) is 33.4 Å². The topological polar surface area (TPSA) is 107 Å². The molecule has 0 saturated heterocycles. The standard InChI is InChI=1S/C16H15N3O4S/c1-7(20)12-8(2)23-15(13(12)14(17)21)19-16-18-10-5-4-9(22-3)6-11(10)24-16/h4-6H,1-3H3,(H2,17,21)(H,18,19). The predicted molar refractivity (Wildman–Crippen MR) is 91.4 cm³/mol. The van der Waals surface area contributed by atoms with Gasteiger partial charge in [-0.25, -0.2) is 4.98 Å². The van der Waals surface area contributed by atoms with Crippen molar-refractivity contribution in [3.8, 4) is 5.75 Å². The molecule has 3 rings (SSSR count). The average molecular weight is 345 g/mol. The lowest BCUT2D eigenvalue weighted by Crippen LogP contribution is -2.15. The number of thiazole rings is 1. The van der Waals surface area contributed by atoms with Gasteiger partial charge in [0.05, 0.1) is 22.9 Å². The highest BCUT2D eigenvalue weighted by Gasteiger charge is 2.25. The molecule has 3 aromatic rings. The Labute approximate surface area is 141 Å². The van der Waals surface area contributed by atoms with E-state index < -0.39 is 5.91 Å². The molecular formula is C16H15N3O4S. The van der Waals surface area contributed by atoms with Crippen LogP contribution in [0.5, 0.6) is 5.75 Å². The number of primary amides is 1. The summed E-state index contributed by atoms with van der Waals surface area (Å²) in [5.41, 5.74) is 6.41. The lowest BCUT2D eigenvalue weighted by atomic mass is 10.1. The van der Waals surface area contributed by atoms with Crippen LogP contribution in [-0.2, 0) is 0 Å². The Kier molecular flexibility index (Phi) is 3.98. The summed E-state index contributed by atoms with van der Waals surface area (Å²) in [4.78, 5) is 27.9. The molecule has 1 aromatic carbocycles. The van der Waals surface area contributed by atoms with Gasteiger partial charge in [-0.15, -0.1) is 0 Å². The highest BCUT2D eigenvalue weighted by atomic mass is 32.1. The number of methoxy groups -OCH3 is 1. The molecule has 124 valence electrons. The maximum absolute atomic E-state index is 11.7. The van der Waals surface area contributed by atoms with E-state index in [-0.39, 0.29) is 22.8 Å². The molecule has 0 aliphatic carbocycles. The third kappa shape index (κ3) is 2.71.